The van der Waals surface area contributed by atoms with Gasteiger partial charge >= 0.3 is 0 Å². The van der Waals surface area contributed by atoms with Gasteiger partial charge in [0, 0.05) is 22.3 Å². The molecule has 0 saturated carbocycles. The van der Waals surface area contributed by atoms with E-state index in [4.69, 9.17) is 17.3 Å². The van der Waals surface area contributed by atoms with Gasteiger partial charge < -0.3 is 5.73 Å². The zero-order chi connectivity index (χ0) is 15.6. The van der Waals surface area contributed by atoms with Crippen LogP contribution in [0.4, 0.5) is 0 Å². The molecule has 0 fully saturated rings. The maximum absolute atomic E-state index is 12.6. The molecule has 8 heteroatoms. The maximum atomic E-state index is 12.6. The van der Waals surface area contributed by atoms with E-state index in [1.165, 1.54) is 18.5 Å². The zero-order valence-electron chi connectivity index (χ0n) is 11.1. The Hall–Kier alpha value is -1.44. The highest BCUT2D eigenvalue weighted by atomic mass is 35.5. The Morgan fingerprint density at radius 2 is 1.95 bits per heavy atom. The van der Waals surface area contributed by atoms with E-state index in [9.17, 15) is 13.2 Å². The summed E-state index contributed by atoms with van der Waals surface area (Å²) in [5.74, 6) is -0.547. The number of thioether (sulfide) groups is 1. The molecule has 0 spiro atoms. The fourth-order valence-corrected chi connectivity index (χ4v) is 4.44. The molecular formula is C13H13ClN2O3S2. The highest BCUT2D eigenvalue weighted by Gasteiger charge is 2.22. The highest BCUT2D eigenvalue weighted by molar-refractivity contribution is 8.00. The molecule has 0 bridgehead atoms. The molecule has 0 saturated heterocycles. The molecule has 0 radical (unpaired) electrons. The Balaban J connectivity index is 2.56. The Labute approximate surface area is 132 Å². The third-order valence-electron chi connectivity index (χ3n) is 2.73. The number of aryl methyl sites for hydroxylation is 1. The second-order valence-electron chi connectivity index (χ2n) is 4.32. The average molecular weight is 345 g/mol. The molecule has 1 amide bonds. The van der Waals surface area contributed by atoms with E-state index in [1.807, 2.05) is 0 Å². The van der Waals surface area contributed by atoms with Crippen LogP contribution in [0.25, 0.3) is 0 Å². The molecule has 0 unspecified atom stereocenters. The van der Waals surface area contributed by atoms with Crippen molar-refractivity contribution in [2.45, 2.75) is 16.7 Å². The van der Waals surface area contributed by atoms with Crippen molar-refractivity contribution >= 4 is 39.3 Å². The van der Waals surface area contributed by atoms with Crippen molar-refractivity contribution in [1.29, 1.82) is 0 Å². The van der Waals surface area contributed by atoms with Crippen molar-refractivity contribution in [3.63, 3.8) is 0 Å². The third kappa shape index (κ3) is 3.42. The van der Waals surface area contributed by atoms with E-state index < -0.39 is 15.9 Å². The van der Waals surface area contributed by atoms with Gasteiger partial charge in [-0.25, -0.2) is 12.4 Å². The van der Waals surface area contributed by atoms with E-state index in [0.29, 0.717) is 15.5 Å². The lowest BCUT2D eigenvalue weighted by atomic mass is 10.2. The molecule has 21 heavy (non-hydrogen) atoms. The number of carbonyl (C=O) groups is 1. The minimum atomic E-state index is -3.73. The van der Waals surface area contributed by atoms with Crippen LogP contribution in [-0.2, 0) is 14.8 Å². The molecule has 1 heterocycles. The zero-order valence-corrected chi connectivity index (χ0v) is 13.5. The number of rotatable bonds is 5. The van der Waals surface area contributed by atoms with Gasteiger partial charge in [0.05, 0.1) is 5.75 Å². The molecule has 1 aromatic carbocycles. The van der Waals surface area contributed by atoms with E-state index in [1.54, 1.807) is 25.1 Å². The van der Waals surface area contributed by atoms with Crippen LogP contribution >= 0.6 is 23.4 Å². The van der Waals surface area contributed by atoms with E-state index in [0.717, 1.165) is 15.7 Å². The van der Waals surface area contributed by atoms with E-state index in [-0.39, 0.29) is 10.6 Å². The summed E-state index contributed by atoms with van der Waals surface area (Å²) in [7, 11) is -3.73. The summed E-state index contributed by atoms with van der Waals surface area (Å²) >= 11 is 7.10. The van der Waals surface area contributed by atoms with Crippen LogP contribution in [0.2, 0.25) is 5.02 Å². The van der Waals surface area contributed by atoms with Gasteiger partial charge in [-0.1, -0.05) is 11.6 Å². The largest absolute Gasteiger partial charge is 0.369 e. The molecule has 0 aliphatic heterocycles. The first-order chi connectivity index (χ1) is 9.82. The van der Waals surface area contributed by atoms with Crippen molar-refractivity contribution in [3.05, 3.63) is 47.2 Å². The van der Waals surface area contributed by atoms with Crippen molar-refractivity contribution in [3.8, 4) is 0 Å². The van der Waals surface area contributed by atoms with Crippen molar-refractivity contribution < 1.29 is 13.2 Å². The number of primary amides is 1. The Bertz CT molecular complexity index is 771. The minimum absolute atomic E-state index is 0.0202. The predicted octanol–water partition coefficient (Wildman–Crippen LogP) is 2.26. The topological polar surface area (TPSA) is 82.2 Å². The molecule has 1 aromatic heterocycles. The lowest BCUT2D eigenvalue weighted by molar-refractivity contribution is -0.115. The summed E-state index contributed by atoms with van der Waals surface area (Å²) < 4.78 is 26.3. The quantitative estimate of drug-likeness (QED) is 0.843. The summed E-state index contributed by atoms with van der Waals surface area (Å²) in [6.07, 6.45) is 2.89. The number of nitrogens with zero attached hydrogens (tertiary/aromatic N) is 1. The molecule has 0 aliphatic rings. The predicted molar refractivity (Wildman–Crippen MR) is 83.1 cm³/mol. The first kappa shape index (κ1) is 15.9. The average Bonchev–Trinajstić information content (AvgIpc) is 2.94. The maximum Gasteiger partial charge on any atom is 0.268 e. The Morgan fingerprint density at radius 3 is 2.52 bits per heavy atom. The van der Waals surface area contributed by atoms with Gasteiger partial charge in [0.2, 0.25) is 5.91 Å². The monoisotopic (exact) mass is 344 g/mol. The Kier molecular flexibility index (Phi) is 4.65. The summed E-state index contributed by atoms with van der Waals surface area (Å²) in [5.41, 5.74) is 5.76. The van der Waals surface area contributed by atoms with E-state index in [2.05, 4.69) is 0 Å². The smallest absolute Gasteiger partial charge is 0.268 e. The second-order valence-corrected chi connectivity index (χ2v) is 7.56. The number of aromatic nitrogens is 1. The number of hydrogen-bond acceptors (Lipinski definition) is 4. The first-order valence-electron chi connectivity index (χ1n) is 5.92. The number of hydrogen-bond donors (Lipinski definition) is 1. The molecule has 2 N–H and O–H groups in total. The van der Waals surface area contributed by atoms with Gasteiger partial charge in [0.1, 0.15) is 4.90 Å². The lowest BCUT2D eigenvalue weighted by Gasteiger charge is -2.12. The number of benzene rings is 1. The minimum Gasteiger partial charge on any atom is -0.369 e. The van der Waals surface area contributed by atoms with Crippen molar-refractivity contribution in [2.75, 3.05) is 5.75 Å². The lowest BCUT2D eigenvalue weighted by Crippen LogP contribution is -2.15. The van der Waals surface area contributed by atoms with Crippen LogP contribution in [0.1, 0.15) is 5.56 Å². The normalized spacial score (nSPS) is 11.5. The molecule has 2 rings (SSSR count). The number of halogens is 1. The van der Waals surface area contributed by atoms with Crippen LogP contribution in [0.15, 0.2) is 46.5 Å². The summed E-state index contributed by atoms with van der Waals surface area (Å²) in [6, 6.07) is 6.29. The van der Waals surface area contributed by atoms with Crippen LogP contribution in [-0.4, -0.2) is 24.1 Å². The number of amides is 1. The molecule has 0 atom stereocenters. The summed E-state index contributed by atoms with van der Waals surface area (Å²) in [4.78, 5) is 11.4. The van der Waals surface area contributed by atoms with E-state index >= 15 is 0 Å². The fraction of sp³-hybridized carbons (Fsp3) is 0.154. The number of carbonyl (C=O) groups excluding carboxylic acids is 1. The molecule has 2 aromatic rings. The van der Waals surface area contributed by atoms with Gasteiger partial charge in [0.15, 0.2) is 0 Å². The van der Waals surface area contributed by atoms with Crippen molar-refractivity contribution in [2.24, 2.45) is 5.73 Å². The van der Waals surface area contributed by atoms with Gasteiger partial charge in [-0.3, -0.25) is 4.79 Å². The van der Waals surface area contributed by atoms with Crippen LogP contribution < -0.4 is 5.73 Å². The van der Waals surface area contributed by atoms with Crippen LogP contribution in [0.5, 0.6) is 0 Å². The molecule has 0 aliphatic carbocycles. The number of nitrogens with two attached hydrogens (primary N) is 1. The van der Waals surface area contributed by atoms with Gasteiger partial charge in [-0.05, 0) is 36.8 Å². The summed E-state index contributed by atoms with van der Waals surface area (Å²) in [6.45, 7) is 1.72. The molecular weight excluding hydrogens is 332 g/mol. The molecule has 112 valence electrons. The first-order valence-corrected chi connectivity index (χ1v) is 8.72. The van der Waals surface area contributed by atoms with Crippen LogP contribution in [0, 0.1) is 6.92 Å². The Morgan fingerprint density at radius 1 is 1.33 bits per heavy atom. The van der Waals surface area contributed by atoms with Gasteiger partial charge in [-0.15, -0.1) is 11.8 Å². The highest BCUT2D eigenvalue weighted by Crippen LogP contribution is 2.32. The second kappa shape index (κ2) is 6.13. The third-order valence-corrected chi connectivity index (χ3v) is 6.03. The van der Waals surface area contributed by atoms with Crippen molar-refractivity contribution in [1.82, 2.24) is 3.97 Å². The SMILES string of the molecule is Cc1cc(S(=O)(=O)n2cccc2)c(SCC(N)=O)cc1Cl. The fourth-order valence-electron chi connectivity index (χ4n) is 1.69. The van der Waals surface area contributed by atoms with Gasteiger partial charge in [0.25, 0.3) is 10.0 Å². The van der Waals surface area contributed by atoms with Crippen LogP contribution in [0.3, 0.4) is 0 Å². The summed E-state index contributed by atoms with van der Waals surface area (Å²) in [5, 5.41) is 0.438. The van der Waals surface area contributed by atoms with Gasteiger partial charge in [-0.2, -0.15) is 0 Å². The molecule has 5 nitrogen and oxygen atoms in total. The standard InChI is InChI=1S/C13H13ClN2O3S2/c1-9-6-12(21(18,19)16-4-2-3-5-16)11(7-10(9)14)20-8-13(15)17/h2-7H,8H2,1H3,(H2,15,17).